The van der Waals surface area contributed by atoms with Crippen molar-refractivity contribution in [1.82, 2.24) is 15.5 Å². The van der Waals surface area contributed by atoms with E-state index in [1.807, 2.05) is 13.8 Å². The normalized spacial score (nSPS) is 14.8. The second-order valence-corrected chi connectivity index (χ2v) is 7.58. The quantitative estimate of drug-likeness (QED) is 0.715. The summed E-state index contributed by atoms with van der Waals surface area (Å²) < 4.78 is 10.7. The predicted molar refractivity (Wildman–Crippen MR) is 100 cm³/mol. The number of carboxylic acids is 1. The highest BCUT2D eigenvalue weighted by atomic mass is 16.5. The fourth-order valence-corrected chi connectivity index (χ4v) is 3.06. The molecular formula is C20H25N3O5. The molecule has 28 heavy (non-hydrogen) atoms. The van der Waals surface area contributed by atoms with E-state index >= 15 is 0 Å². The van der Waals surface area contributed by atoms with Crippen LogP contribution in [0.4, 0.5) is 0 Å². The third-order valence-corrected chi connectivity index (χ3v) is 4.68. The fraction of sp³-hybridized carbons (Fsp3) is 0.500. The molecule has 1 saturated carbocycles. The Morgan fingerprint density at radius 1 is 1.29 bits per heavy atom. The van der Waals surface area contributed by atoms with Crippen LogP contribution >= 0.6 is 0 Å². The minimum Gasteiger partial charge on any atom is -0.481 e. The van der Waals surface area contributed by atoms with Crippen LogP contribution < -0.4 is 10.1 Å². The summed E-state index contributed by atoms with van der Waals surface area (Å²) in [5.74, 6) is 0.736. The van der Waals surface area contributed by atoms with E-state index < -0.39 is 18.6 Å². The van der Waals surface area contributed by atoms with Crippen LogP contribution in [-0.2, 0) is 4.79 Å². The summed E-state index contributed by atoms with van der Waals surface area (Å²) in [6, 6.07) is 2.97. The lowest BCUT2D eigenvalue weighted by atomic mass is 10.0. The molecule has 1 aromatic heterocycles. The Kier molecular flexibility index (Phi) is 5.67. The molecule has 1 aliphatic rings. The molecule has 1 heterocycles. The molecule has 1 aromatic carbocycles. The molecule has 0 spiro atoms. The summed E-state index contributed by atoms with van der Waals surface area (Å²) in [6.45, 7) is 7.08. The van der Waals surface area contributed by atoms with Crippen LogP contribution in [0.3, 0.4) is 0 Å². The highest BCUT2D eigenvalue weighted by molar-refractivity contribution is 5.95. The maximum absolute atomic E-state index is 12.8. The van der Waals surface area contributed by atoms with Crippen LogP contribution in [0.25, 0.3) is 0 Å². The monoisotopic (exact) mass is 387 g/mol. The Hall–Kier alpha value is -2.90. The van der Waals surface area contributed by atoms with Gasteiger partial charge in [0, 0.05) is 11.5 Å². The van der Waals surface area contributed by atoms with Crippen molar-refractivity contribution in [3.05, 3.63) is 40.5 Å². The van der Waals surface area contributed by atoms with E-state index in [1.54, 1.807) is 26.0 Å². The molecule has 2 N–H and O–H groups in total. The van der Waals surface area contributed by atoms with E-state index in [-0.39, 0.29) is 11.8 Å². The van der Waals surface area contributed by atoms with Crippen molar-refractivity contribution in [1.29, 1.82) is 0 Å². The van der Waals surface area contributed by atoms with Crippen LogP contribution in [0.2, 0.25) is 0 Å². The molecule has 8 heteroatoms. The van der Waals surface area contributed by atoms with Crippen LogP contribution in [0.5, 0.6) is 5.75 Å². The van der Waals surface area contributed by atoms with Gasteiger partial charge in [-0.05, 0) is 55.9 Å². The van der Waals surface area contributed by atoms with Crippen molar-refractivity contribution in [2.75, 3.05) is 6.61 Å². The molecule has 8 nitrogen and oxygen atoms in total. The number of aromatic nitrogens is 2. The number of carbonyl (C=O) groups is 2. The van der Waals surface area contributed by atoms with E-state index in [4.69, 9.17) is 14.4 Å². The molecule has 1 unspecified atom stereocenters. The second-order valence-electron chi connectivity index (χ2n) is 7.58. The first-order valence-corrected chi connectivity index (χ1v) is 9.36. The summed E-state index contributed by atoms with van der Waals surface area (Å²) in [4.78, 5) is 28.0. The van der Waals surface area contributed by atoms with Gasteiger partial charge in [0.05, 0.1) is 0 Å². The van der Waals surface area contributed by atoms with Crippen molar-refractivity contribution in [2.45, 2.75) is 52.5 Å². The summed E-state index contributed by atoms with van der Waals surface area (Å²) in [5.41, 5.74) is 1.85. The molecule has 3 rings (SSSR count). The fourth-order valence-electron chi connectivity index (χ4n) is 3.06. The van der Waals surface area contributed by atoms with Gasteiger partial charge in [0.15, 0.2) is 12.4 Å². The van der Waals surface area contributed by atoms with E-state index in [0.29, 0.717) is 40.1 Å². The van der Waals surface area contributed by atoms with E-state index in [9.17, 15) is 9.59 Å². The lowest BCUT2D eigenvalue weighted by Crippen LogP contribution is -2.32. The molecule has 0 bridgehead atoms. The van der Waals surface area contributed by atoms with Gasteiger partial charge in [0.2, 0.25) is 5.89 Å². The van der Waals surface area contributed by atoms with Gasteiger partial charge in [-0.25, -0.2) is 4.79 Å². The number of amides is 1. The highest BCUT2D eigenvalue weighted by Crippen LogP contribution is 2.38. The van der Waals surface area contributed by atoms with Gasteiger partial charge >= 0.3 is 5.97 Å². The molecular weight excluding hydrogens is 362 g/mol. The Morgan fingerprint density at radius 2 is 1.93 bits per heavy atom. The molecule has 0 radical (unpaired) electrons. The Labute approximate surface area is 163 Å². The molecule has 0 aliphatic heterocycles. The number of nitrogens with one attached hydrogen (secondary N) is 1. The minimum atomic E-state index is -1.05. The van der Waals surface area contributed by atoms with Crippen LogP contribution in [-0.4, -0.2) is 33.7 Å². The van der Waals surface area contributed by atoms with Gasteiger partial charge in [-0.1, -0.05) is 19.0 Å². The van der Waals surface area contributed by atoms with Crippen molar-refractivity contribution < 1.29 is 24.0 Å². The zero-order valence-corrected chi connectivity index (χ0v) is 16.5. The molecule has 1 amide bonds. The number of aryl methyl sites for hydroxylation is 2. The highest BCUT2D eigenvalue weighted by Gasteiger charge is 2.31. The molecule has 1 fully saturated rings. The van der Waals surface area contributed by atoms with Gasteiger partial charge in [0.1, 0.15) is 11.8 Å². The maximum atomic E-state index is 12.8. The first-order valence-electron chi connectivity index (χ1n) is 9.36. The van der Waals surface area contributed by atoms with Crippen molar-refractivity contribution in [2.24, 2.45) is 5.92 Å². The van der Waals surface area contributed by atoms with Gasteiger partial charge < -0.3 is 19.7 Å². The first-order chi connectivity index (χ1) is 13.3. The van der Waals surface area contributed by atoms with E-state index in [1.165, 1.54) is 0 Å². The Bertz CT molecular complexity index is 863. The summed E-state index contributed by atoms with van der Waals surface area (Å²) in [7, 11) is 0. The SMILES string of the molecule is Cc1cc(C(=O)NC(c2nc(C3CC3)no2)C(C)C)cc(C)c1OCC(=O)O. The summed E-state index contributed by atoms with van der Waals surface area (Å²) >= 11 is 0. The number of benzene rings is 1. The third kappa shape index (κ3) is 4.49. The van der Waals surface area contributed by atoms with Crippen molar-refractivity contribution >= 4 is 11.9 Å². The molecule has 2 aromatic rings. The number of ether oxygens (including phenoxy) is 1. The average Bonchev–Trinajstić information content (AvgIpc) is 3.35. The smallest absolute Gasteiger partial charge is 0.341 e. The maximum Gasteiger partial charge on any atom is 0.341 e. The van der Waals surface area contributed by atoms with E-state index in [0.717, 1.165) is 12.8 Å². The number of carbonyl (C=O) groups excluding carboxylic acids is 1. The van der Waals surface area contributed by atoms with Crippen molar-refractivity contribution in [3.63, 3.8) is 0 Å². The van der Waals surface area contributed by atoms with E-state index in [2.05, 4.69) is 15.5 Å². The second kappa shape index (κ2) is 8.00. The first kappa shape index (κ1) is 19.9. The molecule has 150 valence electrons. The number of nitrogens with zero attached hydrogens (tertiary/aromatic N) is 2. The van der Waals surface area contributed by atoms with Gasteiger partial charge in [-0.2, -0.15) is 4.98 Å². The van der Waals surface area contributed by atoms with Crippen LogP contribution in [0.1, 0.15) is 71.8 Å². The van der Waals surface area contributed by atoms with Gasteiger partial charge in [-0.15, -0.1) is 0 Å². The Balaban J connectivity index is 1.76. The topological polar surface area (TPSA) is 115 Å². The van der Waals surface area contributed by atoms with Gasteiger partial charge in [0.25, 0.3) is 5.91 Å². The number of aliphatic carboxylic acids is 1. The number of carboxylic acid groups (broad SMARTS) is 1. The van der Waals surface area contributed by atoms with Gasteiger partial charge in [-0.3, -0.25) is 4.79 Å². The van der Waals surface area contributed by atoms with Crippen LogP contribution in [0.15, 0.2) is 16.7 Å². The standard InChI is InChI=1S/C20H25N3O5/c1-10(2)16(20-22-18(23-28-20)13-5-6-13)21-19(26)14-7-11(3)17(12(4)8-14)27-9-15(24)25/h7-8,10,13,16H,5-6,9H2,1-4H3,(H,21,26)(H,24,25). The number of hydrogen-bond acceptors (Lipinski definition) is 6. The van der Waals surface area contributed by atoms with Crippen LogP contribution in [0, 0.1) is 19.8 Å². The number of rotatable bonds is 8. The minimum absolute atomic E-state index is 0.0665. The third-order valence-electron chi connectivity index (χ3n) is 4.68. The molecule has 0 saturated heterocycles. The Morgan fingerprint density at radius 3 is 2.46 bits per heavy atom. The number of hydrogen-bond donors (Lipinski definition) is 2. The zero-order valence-electron chi connectivity index (χ0n) is 16.5. The summed E-state index contributed by atoms with van der Waals surface area (Å²) in [5, 5.41) is 15.8. The molecule has 1 aliphatic carbocycles. The average molecular weight is 387 g/mol. The van der Waals surface area contributed by atoms with Crippen molar-refractivity contribution in [3.8, 4) is 5.75 Å². The lowest BCUT2D eigenvalue weighted by molar-refractivity contribution is -0.139. The zero-order chi connectivity index (χ0) is 20.4. The molecule has 1 atom stereocenters. The predicted octanol–water partition coefficient (Wildman–Crippen LogP) is 3.15. The summed E-state index contributed by atoms with van der Waals surface area (Å²) in [6.07, 6.45) is 2.15. The largest absolute Gasteiger partial charge is 0.481 e. The lowest BCUT2D eigenvalue weighted by Gasteiger charge is -2.19.